The Kier molecular flexibility index (Phi) is 4.16. The van der Waals surface area contributed by atoms with Crippen molar-refractivity contribution in [1.82, 2.24) is 0 Å². The first-order valence-corrected chi connectivity index (χ1v) is 11.9. The van der Waals surface area contributed by atoms with Crippen LogP contribution in [0.4, 0.5) is 0 Å². The van der Waals surface area contributed by atoms with Gasteiger partial charge in [-0.3, -0.25) is 0 Å². The van der Waals surface area contributed by atoms with E-state index in [1.54, 1.807) is 0 Å². The lowest BCUT2D eigenvalue weighted by Crippen LogP contribution is -2.59. The van der Waals surface area contributed by atoms with E-state index < -0.39 is 0 Å². The smallest absolute Gasteiger partial charge is 0.0726 e. The number of hydrogen-bond acceptors (Lipinski definition) is 2. The van der Waals surface area contributed by atoms with Gasteiger partial charge >= 0.3 is 0 Å². The summed E-state index contributed by atoms with van der Waals surface area (Å²) in [5.74, 6) is 3.96. The Balaban J connectivity index is 1.47. The molecule has 3 heteroatoms. The van der Waals surface area contributed by atoms with Crippen LogP contribution in [0, 0.1) is 40.4 Å². The number of fused-ring (bicyclic) bond motifs is 4. The predicted octanol–water partition coefficient (Wildman–Crippen LogP) is 4.90. The van der Waals surface area contributed by atoms with Crippen LogP contribution in [0.3, 0.4) is 0 Å². The van der Waals surface area contributed by atoms with Crippen LogP contribution < -0.4 is 0 Å². The highest BCUT2D eigenvalue weighted by Crippen LogP contribution is 2.70. The second-order valence-corrected chi connectivity index (χ2v) is 11.7. The summed E-state index contributed by atoms with van der Waals surface area (Å²) in [6.45, 7) is 2.56. The monoisotopic (exact) mass is 410 g/mol. The number of aliphatic hydroxyl groups is 2. The summed E-state index contributed by atoms with van der Waals surface area (Å²) in [7, 11) is 0. The van der Waals surface area contributed by atoms with Gasteiger partial charge in [0.1, 0.15) is 0 Å². The van der Waals surface area contributed by atoms with Gasteiger partial charge in [-0.1, -0.05) is 22.9 Å². The molecule has 0 aromatic carbocycles. The second-order valence-electron chi connectivity index (χ2n) is 10.5. The molecule has 0 aromatic heterocycles. The molecular formula is C22H35BrO2. The average molecular weight is 411 g/mol. The quantitative estimate of drug-likeness (QED) is 0.557. The van der Waals surface area contributed by atoms with Gasteiger partial charge in [-0.05, 0) is 106 Å². The van der Waals surface area contributed by atoms with E-state index in [1.807, 2.05) is 0 Å². The molecule has 2 nitrogen and oxygen atoms in total. The van der Waals surface area contributed by atoms with E-state index in [1.165, 1.54) is 51.4 Å². The van der Waals surface area contributed by atoms with Gasteiger partial charge in [0.15, 0.2) is 0 Å². The van der Waals surface area contributed by atoms with Crippen molar-refractivity contribution in [3.63, 3.8) is 0 Å². The highest BCUT2D eigenvalue weighted by atomic mass is 79.9. The molecule has 0 radical (unpaired) electrons. The summed E-state index contributed by atoms with van der Waals surface area (Å²) >= 11 is 3.83. The lowest BCUT2D eigenvalue weighted by molar-refractivity contribution is -0.166. The van der Waals surface area contributed by atoms with Crippen molar-refractivity contribution in [1.29, 1.82) is 0 Å². The molecule has 142 valence electrons. The highest BCUT2D eigenvalue weighted by molar-refractivity contribution is 9.09. The molecule has 0 amide bonds. The third-order valence-corrected chi connectivity index (χ3v) is 11.0. The van der Waals surface area contributed by atoms with Crippen LogP contribution in [-0.4, -0.2) is 27.2 Å². The summed E-state index contributed by atoms with van der Waals surface area (Å²) in [6, 6.07) is 0. The largest absolute Gasteiger partial charge is 0.393 e. The normalized spacial score (nSPS) is 61.0. The zero-order chi connectivity index (χ0) is 17.4. The van der Waals surface area contributed by atoms with Crippen LogP contribution in [-0.2, 0) is 0 Å². The summed E-state index contributed by atoms with van der Waals surface area (Å²) in [6.07, 6.45) is 13.6. The Morgan fingerprint density at radius 3 is 2.40 bits per heavy atom. The Morgan fingerprint density at radius 2 is 1.56 bits per heavy atom. The van der Waals surface area contributed by atoms with Gasteiger partial charge < -0.3 is 10.2 Å². The molecule has 2 N–H and O–H groups in total. The van der Waals surface area contributed by atoms with Crippen LogP contribution in [0.5, 0.6) is 0 Å². The maximum Gasteiger partial charge on any atom is 0.0726 e. The number of aliphatic hydroxyl groups excluding tert-OH is 2. The standard InChI is InChI=1S/C22H35BrO2/c1-21-10-8-15(24)12-14(21)2-5-16-17(21)9-11-22-13(3-6-18(16)22)4-7-19(23)20(22)25/h13-20,24-25H,2-12H2,1H3/t13-,14+,15-,16-,17+,18+,19+,20?,21+,22?/m1/s1. The van der Waals surface area contributed by atoms with E-state index in [-0.39, 0.29) is 17.6 Å². The Bertz CT molecular complexity index is 538. The van der Waals surface area contributed by atoms with Gasteiger partial charge in [-0.25, -0.2) is 0 Å². The third-order valence-electron chi connectivity index (χ3n) is 10.1. The minimum absolute atomic E-state index is 0.0465. The summed E-state index contributed by atoms with van der Waals surface area (Å²) in [5, 5.41) is 21.5. The van der Waals surface area contributed by atoms with Gasteiger partial charge in [0.25, 0.3) is 0 Å². The van der Waals surface area contributed by atoms with Gasteiger partial charge in [0, 0.05) is 10.2 Å². The first kappa shape index (κ1) is 17.5. The number of alkyl halides is 1. The van der Waals surface area contributed by atoms with Crippen molar-refractivity contribution in [3.8, 4) is 0 Å². The minimum atomic E-state index is -0.126. The van der Waals surface area contributed by atoms with Crippen molar-refractivity contribution in [2.45, 2.75) is 94.6 Å². The molecular weight excluding hydrogens is 376 g/mol. The Labute approximate surface area is 161 Å². The maximum atomic E-state index is 11.3. The topological polar surface area (TPSA) is 40.5 Å². The molecule has 5 saturated carbocycles. The number of halogens is 1. The van der Waals surface area contributed by atoms with Gasteiger partial charge in [-0.15, -0.1) is 0 Å². The van der Waals surface area contributed by atoms with E-state index in [2.05, 4.69) is 22.9 Å². The number of rotatable bonds is 0. The molecule has 5 rings (SSSR count). The Morgan fingerprint density at radius 1 is 0.800 bits per heavy atom. The fourth-order valence-corrected chi connectivity index (χ4v) is 9.70. The molecule has 5 aliphatic rings. The second kappa shape index (κ2) is 5.95. The zero-order valence-electron chi connectivity index (χ0n) is 15.7. The molecule has 0 saturated heterocycles. The van der Waals surface area contributed by atoms with Crippen molar-refractivity contribution < 1.29 is 10.2 Å². The first-order valence-electron chi connectivity index (χ1n) is 11.0. The highest BCUT2D eigenvalue weighted by Gasteiger charge is 2.65. The fourth-order valence-electron chi connectivity index (χ4n) is 8.95. The third kappa shape index (κ3) is 2.27. The van der Waals surface area contributed by atoms with Crippen LogP contribution >= 0.6 is 15.9 Å². The zero-order valence-corrected chi connectivity index (χ0v) is 17.3. The Hall–Kier alpha value is 0.400. The van der Waals surface area contributed by atoms with Gasteiger partial charge in [0.05, 0.1) is 12.2 Å². The van der Waals surface area contributed by atoms with Crippen molar-refractivity contribution in [3.05, 3.63) is 0 Å². The van der Waals surface area contributed by atoms with Crippen molar-refractivity contribution in [2.24, 2.45) is 40.4 Å². The molecule has 0 heterocycles. The molecule has 25 heavy (non-hydrogen) atoms. The van der Waals surface area contributed by atoms with Gasteiger partial charge in [0.2, 0.25) is 0 Å². The van der Waals surface area contributed by atoms with Crippen molar-refractivity contribution in [2.75, 3.05) is 0 Å². The molecule has 0 aliphatic heterocycles. The lowest BCUT2D eigenvalue weighted by atomic mass is 9.43. The molecule has 5 aliphatic carbocycles. The molecule has 0 aromatic rings. The van der Waals surface area contributed by atoms with Crippen LogP contribution in [0.2, 0.25) is 0 Å². The van der Waals surface area contributed by atoms with Crippen LogP contribution in [0.15, 0.2) is 0 Å². The van der Waals surface area contributed by atoms with Gasteiger partial charge in [-0.2, -0.15) is 0 Å². The average Bonchev–Trinajstić information content (AvgIpc) is 2.99. The first-order chi connectivity index (χ1) is 12.0. The summed E-state index contributed by atoms with van der Waals surface area (Å²) in [4.78, 5) is 0.317. The van der Waals surface area contributed by atoms with Crippen LogP contribution in [0.25, 0.3) is 0 Å². The molecule has 1 spiro atoms. The summed E-state index contributed by atoms with van der Waals surface area (Å²) < 4.78 is 0. The molecule has 0 bridgehead atoms. The fraction of sp³-hybridized carbons (Fsp3) is 1.00. The maximum absolute atomic E-state index is 11.3. The molecule has 10 atom stereocenters. The van der Waals surface area contributed by atoms with E-state index in [4.69, 9.17) is 0 Å². The molecule has 5 fully saturated rings. The summed E-state index contributed by atoms with van der Waals surface area (Å²) in [5.41, 5.74) is 0.681. The minimum Gasteiger partial charge on any atom is -0.393 e. The number of hydrogen-bond donors (Lipinski definition) is 2. The van der Waals surface area contributed by atoms with E-state index >= 15 is 0 Å². The van der Waals surface area contributed by atoms with E-state index in [9.17, 15) is 10.2 Å². The van der Waals surface area contributed by atoms with E-state index in [0.717, 1.165) is 48.9 Å². The predicted molar refractivity (Wildman–Crippen MR) is 104 cm³/mol. The van der Waals surface area contributed by atoms with Crippen molar-refractivity contribution >= 4 is 15.9 Å². The SMILES string of the molecule is C[C@]12CC[C@@H](O)C[C@@H]1CC[C@H]1[C@@H]3CC[C@@H]4CC[C@H](Br)C(O)C43CC[C@@H]12. The van der Waals surface area contributed by atoms with Crippen LogP contribution in [0.1, 0.15) is 77.6 Å². The lowest BCUT2D eigenvalue weighted by Gasteiger charge is -2.63. The molecule has 2 unspecified atom stereocenters. The van der Waals surface area contributed by atoms with E-state index in [0.29, 0.717) is 10.2 Å².